The molecule has 1 saturated carbocycles. The number of rotatable bonds is 3. The standard InChI is InChI=1S/C13H17NO/c1-9-5-11(7-15)12(6-10(9)2)13(8-14)3-4-13/h5-7H,3-4,8,14H2,1-2H3. The van der Waals surface area contributed by atoms with Crippen LogP contribution in [0.15, 0.2) is 12.1 Å². The highest BCUT2D eigenvalue weighted by Crippen LogP contribution is 2.48. The van der Waals surface area contributed by atoms with Crippen molar-refractivity contribution in [3.05, 3.63) is 34.4 Å². The summed E-state index contributed by atoms with van der Waals surface area (Å²) in [6, 6.07) is 4.12. The van der Waals surface area contributed by atoms with Crippen LogP contribution in [0.3, 0.4) is 0 Å². The molecule has 2 heteroatoms. The Labute approximate surface area is 90.5 Å². The van der Waals surface area contributed by atoms with Crippen LogP contribution in [0, 0.1) is 13.8 Å². The van der Waals surface area contributed by atoms with Crippen LogP contribution in [0.5, 0.6) is 0 Å². The van der Waals surface area contributed by atoms with E-state index >= 15 is 0 Å². The van der Waals surface area contributed by atoms with E-state index in [4.69, 9.17) is 5.73 Å². The predicted molar refractivity (Wildman–Crippen MR) is 61.3 cm³/mol. The van der Waals surface area contributed by atoms with Crippen molar-refractivity contribution in [1.82, 2.24) is 0 Å². The van der Waals surface area contributed by atoms with Crippen molar-refractivity contribution in [2.45, 2.75) is 32.1 Å². The van der Waals surface area contributed by atoms with Crippen LogP contribution in [0.2, 0.25) is 0 Å². The van der Waals surface area contributed by atoms with Crippen LogP contribution in [-0.2, 0) is 5.41 Å². The first kappa shape index (κ1) is 10.4. The molecule has 2 nitrogen and oxygen atoms in total. The number of hydrogen-bond acceptors (Lipinski definition) is 2. The molecular weight excluding hydrogens is 186 g/mol. The molecular formula is C13H17NO. The maximum absolute atomic E-state index is 11.0. The molecule has 0 aromatic heterocycles. The quantitative estimate of drug-likeness (QED) is 0.764. The highest BCUT2D eigenvalue weighted by Gasteiger charge is 2.44. The summed E-state index contributed by atoms with van der Waals surface area (Å²) in [6.07, 6.45) is 3.19. The molecule has 0 heterocycles. The molecule has 1 aliphatic rings. The van der Waals surface area contributed by atoms with Crippen LogP contribution >= 0.6 is 0 Å². The maximum atomic E-state index is 11.0. The Bertz CT molecular complexity index is 405. The molecule has 1 aromatic rings. The summed E-state index contributed by atoms with van der Waals surface area (Å²) < 4.78 is 0. The van der Waals surface area contributed by atoms with Crippen molar-refractivity contribution < 1.29 is 4.79 Å². The van der Waals surface area contributed by atoms with Gasteiger partial charge in [-0.05, 0) is 49.4 Å². The Morgan fingerprint density at radius 2 is 1.93 bits per heavy atom. The van der Waals surface area contributed by atoms with Crippen LogP contribution in [-0.4, -0.2) is 12.8 Å². The molecule has 1 aromatic carbocycles. The second-order valence-corrected chi connectivity index (χ2v) is 4.63. The monoisotopic (exact) mass is 203 g/mol. The third kappa shape index (κ3) is 1.59. The van der Waals surface area contributed by atoms with Gasteiger partial charge in [0.15, 0.2) is 0 Å². The molecule has 0 atom stereocenters. The zero-order valence-electron chi connectivity index (χ0n) is 9.34. The van der Waals surface area contributed by atoms with Crippen LogP contribution in [0.25, 0.3) is 0 Å². The molecule has 0 spiro atoms. The average molecular weight is 203 g/mol. The predicted octanol–water partition coefficient (Wildman–Crippen LogP) is 2.11. The van der Waals surface area contributed by atoms with Crippen molar-refractivity contribution >= 4 is 6.29 Å². The summed E-state index contributed by atoms with van der Waals surface area (Å²) in [6.45, 7) is 4.77. The van der Waals surface area contributed by atoms with Gasteiger partial charge in [0, 0.05) is 17.5 Å². The Balaban J connectivity index is 2.55. The minimum atomic E-state index is 0.106. The van der Waals surface area contributed by atoms with Gasteiger partial charge in [0.2, 0.25) is 0 Å². The van der Waals surface area contributed by atoms with Crippen LogP contribution in [0.1, 0.15) is 39.9 Å². The van der Waals surface area contributed by atoms with Crippen molar-refractivity contribution in [1.29, 1.82) is 0 Å². The van der Waals surface area contributed by atoms with E-state index in [0.29, 0.717) is 6.54 Å². The molecule has 1 fully saturated rings. The van der Waals surface area contributed by atoms with E-state index < -0.39 is 0 Å². The van der Waals surface area contributed by atoms with Crippen molar-refractivity contribution in [2.24, 2.45) is 5.73 Å². The molecule has 15 heavy (non-hydrogen) atoms. The lowest BCUT2D eigenvalue weighted by Gasteiger charge is -2.17. The molecule has 2 N–H and O–H groups in total. The smallest absolute Gasteiger partial charge is 0.150 e. The lowest BCUT2D eigenvalue weighted by atomic mass is 9.89. The molecule has 1 aliphatic carbocycles. The highest BCUT2D eigenvalue weighted by molar-refractivity contribution is 5.79. The molecule has 80 valence electrons. The topological polar surface area (TPSA) is 43.1 Å². The molecule has 0 bridgehead atoms. The SMILES string of the molecule is Cc1cc(C=O)c(C2(CN)CC2)cc1C. The Morgan fingerprint density at radius 1 is 1.33 bits per heavy atom. The number of aryl methyl sites for hydroxylation is 2. The minimum Gasteiger partial charge on any atom is -0.330 e. The first-order valence-electron chi connectivity index (χ1n) is 5.40. The molecule has 0 saturated heterocycles. The van der Waals surface area contributed by atoms with E-state index in [1.807, 2.05) is 13.0 Å². The van der Waals surface area contributed by atoms with Gasteiger partial charge in [-0.3, -0.25) is 4.79 Å². The zero-order chi connectivity index (χ0) is 11.1. The minimum absolute atomic E-state index is 0.106. The van der Waals surface area contributed by atoms with Gasteiger partial charge in [0.05, 0.1) is 0 Å². The van der Waals surface area contributed by atoms with Gasteiger partial charge in [0.1, 0.15) is 6.29 Å². The maximum Gasteiger partial charge on any atom is 0.150 e. The summed E-state index contributed by atoms with van der Waals surface area (Å²) in [5.74, 6) is 0. The van der Waals surface area contributed by atoms with Crippen molar-refractivity contribution in [3.63, 3.8) is 0 Å². The van der Waals surface area contributed by atoms with E-state index in [2.05, 4.69) is 13.0 Å². The fourth-order valence-electron chi connectivity index (χ4n) is 2.13. The summed E-state index contributed by atoms with van der Waals surface area (Å²) in [5.41, 5.74) is 10.3. The first-order chi connectivity index (χ1) is 7.13. The van der Waals surface area contributed by atoms with Gasteiger partial charge < -0.3 is 5.73 Å². The lowest BCUT2D eigenvalue weighted by molar-refractivity contribution is 0.112. The molecule has 0 amide bonds. The third-order valence-corrected chi connectivity index (χ3v) is 3.61. The third-order valence-electron chi connectivity index (χ3n) is 3.61. The number of carbonyl (C=O) groups is 1. The largest absolute Gasteiger partial charge is 0.330 e. The second-order valence-electron chi connectivity index (χ2n) is 4.63. The van der Waals surface area contributed by atoms with Crippen LogP contribution < -0.4 is 5.73 Å². The number of carbonyl (C=O) groups excluding carboxylic acids is 1. The highest BCUT2D eigenvalue weighted by atomic mass is 16.1. The summed E-state index contributed by atoms with van der Waals surface area (Å²) >= 11 is 0. The normalized spacial score (nSPS) is 17.5. The van der Waals surface area contributed by atoms with Crippen LogP contribution in [0.4, 0.5) is 0 Å². The van der Waals surface area contributed by atoms with E-state index in [1.54, 1.807) is 0 Å². The van der Waals surface area contributed by atoms with Crippen molar-refractivity contribution in [3.8, 4) is 0 Å². The second kappa shape index (κ2) is 3.46. The number of nitrogens with two attached hydrogens (primary N) is 1. The lowest BCUT2D eigenvalue weighted by Crippen LogP contribution is -2.21. The van der Waals surface area contributed by atoms with Gasteiger partial charge in [-0.15, -0.1) is 0 Å². The Hall–Kier alpha value is -1.15. The number of aldehydes is 1. The summed E-state index contributed by atoms with van der Waals surface area (Å²) in [5, 5.41) is 0. The number of hydrogen-bond donors (Lipinski definition) is 1. The Morgan fingerprint density at radius 3 is 2.40 bits per heavy atom. The fraction of sp³-hybridized carbons (Fsp3) is 0.462. The zero-order valence-corrected chi connectivity index (χ0v) is 9.34. The molecule has 0 radical (unpaired) electrons. The summed E-state index contributed by atoms with van der Waals surface area (Å²) in [4.78, 5) is 11.0. The molecule has 2 rings (SSSR count). The summed E-state index contributed by atoms with van der Waals surface area (Å²) in [7, 11) is 0. The van der Waals surface area contributed by atoms with E-state index in [1.165, 1.54) is 11.1 Å². The van der Waals surface area contributed by atoms with Crippen molar-refractivity contribution in [2.75, 3.05) is 6.54 Å². The van der Waals surface area contributed by atoms with E-state index in [-0.39, 0.29) is 5.41 Å². The van der Waals surface area contributed by atoms with Gasteiger partial charge in [0.25, 0.3) is 0 Å². The molecule has 0 aliphatic heterocycles. The van der Waals surface area contributed by atoms with E-state index in [9.17, 15) is 4.79 Å². The Kier molecular flexibility index (Phi) is 2.39. The average Bonchev–Trinajstić information content (AvgIpc) is 3.02. The number of benzene rings is 1. The molecule has 0 unspecified atom stereocenters. The van der Waals surface area contributed by atoms with E-state index in [0.717, 1.165) is 30.3 Å². The van der Waals surface area contributed by atoms with Gasteiger partial charge in [-0.1, -0.05) is 6.07 Å². The first-order valence-corrected chi connectivity index (χ1v) is 5.40. The fourth-order valence-corrected chi connectivity index (χ4v) is 2.13. The van der Waals surface area contributed by atoms with Gasteiger partial charge in [-0.25, -0.2) is 0 Å². The van der Waals surface area contributed by atoms with Gasteiger partial charge in [-0.2, -0.15) is 0 Å². The van der Waals surface area contributed by atoms with Gasteiger partial charge >= 0.3 is 0 Å².